The van der Waals surface area contributed by atoms with Gasteiger partial charge in [0.1, 0.15) is 0 Å². The van der Waals surface area contributed by atoms with Crippen LogP contribution in [-0.4, -0.2) is 24.8 Å². The molecule has 0 N–H and O–H groups in total. The van der Waals surface area contributed by atoms with Crippen molar-refractivity contribution in [1.82, 2.24) is 4.90 Å². The summed E-state index contributed by atoms with van der Waals surface area (Å²) >= 11 is 0. The molecule has 0 fully saturated rings. The van der Waals surface area contributed by atoms with Crippen LogP contribution in [0, 0.1) is 0 Å². The molecule has 1 aliphatic rings. The topological polar surface area (TPSA) is 48.0 Å². The number of nitrogens with zero attached hydrogens (tertiary/aromatic N) is 1. The lowest BCUT2D eigenvalue weighted by Gasteiger charge is -2.37. The van der Waals surface area contributed by atoms with Gasteiger partial charge in [-0.25, -0.2) is 0 Å². The van der Waals surface area contributed by atoms with Gasteiger partial charge >= 0.3 is 5.97 Å². The van der Waals surface area contributed by atoms with Crippen LogP contribution in [0.1, 0.15) is 42.1 Å². The summed E-state index contributed by atoms with van der Waals surface area (Å²) in [6, 6.07) is 26.4. The van der Waals surface area contributed by atoms with Crippen molar-refractivity contribution >= 4 is 5.97 Å². The maximum absolute atomic E-state index is 12.4. The van der Waals surface area contributed by atoms with Crippen LogP contribution >= 0.6 is 0 Å². The fraction of sp³-hybridized carbons (Fsp3) is 0.269. The lowest BCUT2D eigenvalue weighted by molar-refractivity contribution is -0.142. The second-order valence-corrected chi connectivity index (χ2v) is 7.65. The van der Waals surface area contributed by atoms with E-state index in [4.69, 9.17) is 14.2 Å². The van der Waals surface area contributed by atoms with E-state index in [-0.39, 0.29) is 31.3 Å². The standard InChI is InChI=1S/C26H27NO4/c1-19(21-11-7-4-8-12-21)27(17-20-9-5-3-6-10-20)23(16-26(28)29-2)22-13-14-24-25(15-22)31-18-30-24/h3-15,19,23H,16-18H2,1-2H3/t19-,23+/m0/s1. The third-order valence-electron chi connectivity index (χ3n) is 5.76. The van der Waals surface area contributed by atoms with E-state index in [0.717, 1.165) is 11.3 Å². The molecule has 0 unspecified atom stereocenters. The number of ether oxygens (including phenoxy) is 3. The number of rotatable bonds is 8. The Bertz CT molecular complexity index is 1010. The van der Waals surface area contributed by atoms with Gasteiger partial charge in [-0.05, 0) is 35.7 Å². The van der Waals surface area contributed by atoms with Crippen molar-refractivity contribution in [2.75, 3.05) is 13.9 Å². The molecule has 0 spiro atoms. The fourth-order valence-corrected chi connectivity index (χ4v) is 4.02. The monoisotopic (exact) mass is 417 g/mol. The van der Waals surface area contributed by atoms with Crippen LogP contribution in [0.5, 0.6) is 11.5 Å². The zero-order valence-corrected chi connectivity index (χ0v) is 17.9. The zero-order chi connectivity index (χ0) is 21.6. The summed E-state index contributed by atoms with van der Waals surface area (Å²) in [5.41, 5.74) is 3.36. The molecule has 5 nitrogen and oxygen atoms in total. The van der Waals surface area contributed by atoms with Crippen LogP contribution in [0.3, 0.4) is 0 Å². The molecular weight excluding hydrogens is 390 g/mol. The molecule has 0 aliphatic carbocycles. The van der Waals surface area contributed by atoms with E-state index < -0.39 is 0 Å². The van der Waals surface area contributed by atoms with Gasteiger partial charge in [-0.15, -0.1) is 0 Å². The number of hydrogen-bond donors (Lipinski definition) is 0. The third kappa shape index (κ3) is 4.89. The molecule has 4 rings (SSSR count). The van der Waals surface area contributed by atoms with E-state index in [0.29, 0.717) is 12.3 Å². The summed E-state index contributed by atoms with van der Waals surface area (Å²) in [6.07, 6.45) is 0.236. The van der Waals surface area contributed by atoms with Crippen molar-refractivity contribution < 1.29 is 19.0 Å². The van der Waals surface area contributed by atoms with E-state index in [1.807, 2.05) is 54.6 Å². The maximum atomic E-state index is 12.4. The van der Waals surface area contributed by atoms with Gasteiger partial charge in [0.15, 0.2) is 11.5 Å². The molecule has 0 saturated carbocycles. The first-order valence-corrected chi connectivity index (χ1v) is 10.5. The van der Waals surface area contributed by atoms with Crippen LogP contribution in [0.4, 0.5) is 0 Å². The molecule has 3 aromatic carbocycles. The number of hydrogen-bond acceptors (Lipinski definition) is 5. The lowest BCUT2D eigenvalue weighted by Crippen LogP contribution is -2.33. The Balaban J connectivity index is 1.75. The number of methoxy groups -OCH3 is 1. The second kappa shape index (κ2) is 9.67. The highest BCUT2D eigenvalue weighted by Crippen LogP contribution is 2.39. The Morgan fingerprint density at radius 2 is 1.61 bits per heavy atom. The van der Waals surface area contributed by atoms with Crippen molar-refractivity contribution in [3.63, 3.8) is 0 Å². The average molecular weight is 418 g/mol. The summed E-state index contributed by atoms with van der Waals surface area (Å²) < 4.78 is 16.1. The number of benzene rings is 3. The van der Waals surface area contributed by atoms with Crippen molar-refractivity contribution in [3.05, 3.63) is 95.6 Å². The normalized spacial score (nSPS) is 14.3. The molecule has 2 atom stereocenters. The van der Waals surface area contributed by atoms with Crippen molar-refractivity contribution in [1.29, 1.82) is 0 Å². The molecular formula is C26H27NO4. The second-order valence-electron chi connectivity index (χ2n) is 7.65. The molecule has 3 aromatic rings. The minimum atomic E-state index is -0.249. The summed E-state index contributed by atoms with van der Waals surface area (Å²) in [7, 11) is 1.43. The smallest absolute Gasteiger partial charge is 0.307 e. The highest BCUT2D eigenvalue weighted by Gasteiger charge is 2.30. The molecule has 0 aromatic heterocycles. The Labute approximate surface area is 183 Å². The van der Waals surface area contributed by atoms with Crippen molar-refractivity contribution in [2.24, 2.45) is 0 Å². The van der Waals surface area contributed by atoms with E-state index >= 15 is 0 Å². The molecule has 160 valence electrons. The molecule has 31 heavy (non-hydrogen) atoms. The van der Waals surface area contributed by atoms with Crippen LogP contribution in [0.2, 0.25) is 0 Å². The van der Waals surface area contributed by atoms with Crippen LogP contribution in [-0.2, 0) is 16.1 Å². The van der Waals surface area contributed by atoms with Gasteiger partial charge in [-0.1, -0.05) is 66.7 Å². The van der Waals surface area contributed by atoms with Gasteiger partial charge in [0.25, 0.3) is 0 Å². The largest absolute Gasteiger partial charge is 0.469 e. The molecule has 0 amide bonds. The van der Waals surface area contributed by atoms with E-state index in [1.165, 1.54) is 18.2 Å². The van der Waals surface area contributed by atoms with E-state index in [9.17, 15) is 4.79 Å². The maximum Gasteiger partial charge on any atom is 0.307 e. The van der Waals surface area contributed by atoms with Gasteiger partial charge in [0.2, 0.25) is 6.79 Å². The van der Waals surface area contributed by atoms with E-state index in [1.54, 1.807) is 0 Å². The summed E-state index contributed by atoms with van der Waals surface area (Å²) in [5, 5.41) is 0. The number of carbonyl (C=O) groups is 1. The predicted octanol–water partition coefficient (Wildman–Crippen LogP) is 5.28. The Hall–Kier alpha value is -3.31. The van der Waals surface area contributed by atoms with Crippen LogP contribution in [0.15, 0.2) is 78.9 Å². The van der Waals surface area contributed by atoms with E-state index in [2.05, 4.69) is 36.1 Å². The average Bonchev–Trinajstić information content (AvgIpc) is 3.30. The fourth-order valence-electron chi connectivity index (χ4n) is 4.02. The Morgan fingerprint density at radius 3 is 2.32 bits per heavy atom. The zero-order valence-electron chi connectivity index (χ0n) is 17.9. The van der Waals surface area contributed by atoms with Crippen molar-refractivity contribution in [2.45, 2.75) is 32.0 Å². The van der Waals surface area contributed by atoms with Gasteiger partial charge in [-0.2, -0.15) is 0 Å². The predicted molar refractivity (Wildman–Crippen MR) is 119 cm³/mol. The summed E-state index contributed by atoms with van der Waals surface area (Å²) in [4.78, 5) is 14.8. The SMILES string of the molecule is COC(=O)C[C@H](c1ccc2c(c1)OCO2)N(Cc1ccccc1)[C@@H](C)c1ccccc1. The minimum absolute atomic E-state index is 0.0708. The molecule has 0 saturated heterocycles. The first-order valence-electron chi connectivity index (χ1n) is 10.5. The summed E-state index contributed by atoms with van der Waals surface area (Å²) in [6.45, 7) is 3.08. The highest BCUT2D eigenvalue weighted by molar-refractivity contribution is 5.70. The number of fused-ring (bicyclic) bond motifs is 1. The summed E-state index contributed by atoms with van der Waals surface area (Å²) in [5.74, 6) is 1.19. The number of carbonyl (C=O) groups excluding carboxylic acids is 1. The highest BCUT2D eigenvalue weighted by atomic mass is 16.7. The van der Waals surface area contributed by atoms with Gasteiger partial charge < -0.3 is 14.2 Å². The number of esters is 1. The Kier molecular flexibility index (Phi) is 6.53. The first kappa shape index (κ1) is 20.9. The van der Waals surface area contributed by atoms with Gasteiger partial charge in [0.05, 0.1) is 13.5 Å². The quantitative estimate of drug-likeness (QED) is 0.467. The third-order valence-corrected chi connectivity index (χ3v) is 5.76. The molecule has 0 bridgehead atoms. The molecule has 0 radical (unpaired) electrons. The Morgan fingerprint density at radius 1 is 0.935 bits per heavy atom. The first-order chi connectivity index (χ1) is 15.2. The van der Waals surface area contributed by atoms with Crippen molar-refractivity contribution in [3.8, 4) is 11.5 Å². The molecule has 1 aliphatic heterocycles. The minimum Gasteiger partial charge on any atom is -0.469 e. The molecule has 1 heterocycles. The van der Waals surface area contributed by atoms with Crippen LogP contribution in [0.25, 0.3) is 0 Å². The molecule has 5 heteroatoms. The van der Waals surface area contributed by atoms with Crippen LogP contribution < -0.4 is 9.47 Å². The van der Waals surface area contributed by atoms with Gasteiger partial charge in [-0.3, -0.25) is 9.69 Å². The van der Waals surface area contributed by atoms with Gasteiger partial charge in [0, 0.05) is 18.6 Å². The lowest BCUT2D eigenvalue weighted by atomic mass is 9.96.